The molecule has 0 aliphatic carbocycles. The molecule has 0 spiro atoms. The second-order valence-electron chi connectivity index (χ2n) is 5.04. The van der Waals surface area contributed by atoms with Crippen molar-refractivity contribution in [3.05, 3.63) is 65.5 Å². The van der Waals surface area contributed by atoms with Gasteiger partial charge >= 0.3 is 0 Å². The number of hydrogen-bond donors (Lipinski definition) is 1. The van der Waals surface area contributed by atoms with Crippen molar-refractivity contribution >= 4 is 9.84 Å². The molecule has 1 N–H and O–H groups in total. The summed E-state index contributed by atoms with van der Waals surface area (Å²) in [4.78, 5) is -0.385. The van der Waals surface area contributed by atoms with Crippen LogP contribution in [0.15, 0.2) is 53.4 Å². The van der Waals surface area contributed by atoms with Crippen LogP contribution in [0.1, 0.15) is 24.2 Å². The number of halogens is 1. The minimum atomic E-state index is -3.95. The van der Waals surface area contributed by atoms with Gasteiger partial charge in [-0.1, -0.05) is 42.0 Å². The first kappa shape index (κ1) is 15.7. The molecule has 2 atom stereocenters. The van der Waals surface area contributed by atoms with E-state index in [-0.39, 0.29) is 4.90 Å². The van der Waals surface area contributed by atoms with Gasteiger partial charge in [-0.15, -0.1) is 0 Å². The average molecular weight is 308 g/mol. The predicted molar refractivity (Wildman–Crippen MR) is 79.2 cm³/mol. The van der Waals surface area contributed by atoms with E-state index in [1.165, 1.54) is 25.1 Å². The standard InChI is InChI=1S/C16H17FO3S/c1-11-7-9-13(10-8-11)16(18)12(2)21(19,20)15-6-4-3-5-14(15)17/h3-10,12,16,18H,1-2H3. The van der Waals surface area contributed by atoms with Crippen molar-refractivity contribution in [3.63, 3.8) is 0 Å². The van der Waals surface area contributed by atoms with E-state index in [2.05, 4.69) is 0 Å². The second kappa shape index (κ2) is 5.95. The number of aliphatic hydroxyl groups excluding tert-OH is 1. The predicted octanol–water partition coefficient (Wildman–Crippen LogP) is 3.03. The van der Waals surface area contributed by atoms with E-state index in [4.69, 9.17) is 0 Å². The number of hydrogen-bond acceptors (Lipinski definition) is 3. The number of benzene rings is 2. The molecule has 2 aromatic carbocycles. The Balaban J connectivity index is 2.36. The maximum absolute atomic E-state index is 13.7. The summed E-state index contributed by atoms with van der Waals surface area (Å²) in [7, 11) is -3.95. The van der Waals surface area contributed by atoms with Gasteiger partial charge in [0, 0.05) is 0 Å². The third kappa shape index (κ3) is 3.14. The summed E-state index contributed by atoms with van der Waals surface area (Å²) in [5, 5.41) is 9.12. The van der Waals surface area contributed by atoms with Crippen LogP contribution in [0.3, 0.4) is 0 Å². The highest BCUT2D eigenvalue weighted by Crippen LogP contribution is 2.28. The molecule has 2 unspecified atom stereocenters. The maximum Gasteiger partial charge on any atom is 0.186 e. The molecule has 0 saturated heterocycles. The molecular weight excluding hydrogens is 291 g/mol. The molecule has 0 radical (unpaired) electrons. The van der Waals surface area contributed by atoms with Crippen LogP contribution in [-0.4, -0.2) is 18.8 Å². The first-order valence-electron chi connectivity index (χ1n) is 6.57. The molecule has 0 aliphatic rings. The smallest absolute Gasteiger partial charge is 0.186 e. The molecule has 112 valence electrons. The van der Waals surface area contributed by atoms with Gasteiger partial charge in [0.25, 0.3) is 0 Å². The van der Waals surface area contributed by atoms with Gasteiger partial charge in [-0.2, -0.15) is 0 Å². The Morgan fingerprint density at radius 3 is 2.19 bits per heavy atom. The summed E-state index contributed by atoms with van der Waals surface area (Å²) in [6, 6.07) is 12.1. The highest BCUT2D eigenvalue weighted by atomic mass is 32.2. The fraction of sp³-hybridized carbons (Fsp3) is 0.250. The minimum Gasteiger partial charge on any atom is -0.387 e. The van der Waals surface area contributed by atoms with Gasteiger partial charge in [-0.3, -0.25) is 0 Å². The van der Waals surface area contributed by atoms with Crippen LogP contribution in [0, 0.1) is 12.7 Å². The Kier molecular flexibility index (Phi) is 4.44. The van der Waals surface area contributed by atoms with Crippen molar-refractivity contribution in [1.29, 1.82) is 0 Å². The van der Waals surface area contributed by atoms with Crippen molar-refractivity contribution in [1.82, 2.24) is 0 Å². The van der Waals surface area contributed by atoms with E-state index < -0.39 is 27.0 Å². The molecule has 0 bridgehead atoms. The summed E-state index contributed by atoms with van der Waals surface area (Å²) in [6.45, 7) is 3.28. The van der Waals surface area contributed by atoms with Crippen molar-refractivity contribution in [2.75, 3.05) is 0 Å². The lowest BCUT2D eigenvalue weighted by Crippen LogP contribution is -2.26. The highest BCUT2D eigenvalue weighted by Gasteiger charge is 2.32. The van der Waals surface area contributed by atoms with E-state index in [0.29, 0.717) is 5.56 Å². The topological polar surface area (TPSA) is 54.4 Å². The van der Waals surface area contributed by atoms with Crippen LogP contribution in [0.5, 0.6) is 0 Å². The van der Waals surface area contributed by atoms with Crippen LogP contribution in [0.25, 0.3) is 0 Å². The monoisotopic (exact) mass is 308 g/mol. The van der Waals surface area contributed by atoms with Gasteiger partial charge in [-0.05, 0) is 31.5 Å². The zero-order valence-electron chi connectivity index (χ0n) is 11.8. The van der Waals surface area contributed by atoms with Crippen molar-refractivity contribution in [3.8, 4) is 0 Å². The Bertz CT molecular complexity index is 723. The summed E-state index contributed by atoms with van der Waals surface area (Å²) in [6.07, 6.45) is -1.21. The minimum absolute atomic E-state index is 0.385. The second-order valence-corrected chi connectivity index (χ2v) is 7.31. The first-order valence-corrected chi connectivity index (χ1v) is 8.11. The van der Waals surface area contributed by atoms with Gasteiger partial charge < -0.3 is 5.11 Å². The number of aliphatic hydroxyl groups is 1. The molecule has 21 heavy (non-hydrogen) atoms. The van der Waals surface area contributed by atoms with Crippen molar-refractivity contribution in [2.45, 2.75) is 30.1 Å². The lowest BCUT2D eigenvalue weighted by Gasteiger charge is -2.20. The zero-order chi connectivity index (χ0) is 15.6. The van der Waals surface area contributed by atoms with E-state index >= 15 is 0 Å². The van der Waals surface area contributed by atoms with Gasteiger partial charge in [0.15, 0.2) is 9.84 Å². The molecule has 2 rings (SSSR count). The molecule has 0 aromatic heterocycles. The van der Waals surface area contributed by atoms with Crippen LogP contribution in [0.2, 0.25) is 0 Å². The Labute approximate surface area is 124 Å². The molecule has 0 amide bonds. The molecule has 0 aliphatic heterocycles. The third-order valence-electron chi connectivity index (χ3n) is 3.50. The first-order chi connectivity index (χ1) is 9.84. The van der Waals surface area contributed by atoms with Gasteiger partial charge in [-0.25, -0.2) is 12.8 Å². The lowest BCUT2D eigenvalue weighted by atomic mass is 10.1. The van der Waals surface area contributed by atoms with Crippen LogP contribution in [0.4, 0.5) is 4.39 Å². The van der Waals surface area contributed by atoms with E-state index in [1.807, 2.05) is 6.92 Å². The largest absolute Gasteiger partial charge is 0.387 e. The summed E-state index contributed by atoms with van der Waals surface area (Å²) in [5.74, 6) is -0.805. The van der Waals surface area contributed by atoms with E-state index in [1.54, 1.807) is 24.3 Å². The summed E-state index contributed by atoms with van der Waals surface area (Å²) < 4.78 is 38.6. The maximum atomic E-state index is 13.7. The zero-order valence-corrected chi connectivity index (χ0v) is 12.6. The Morgan fingerprint density at radius 2 is 1.62 bits per heavy atom. The highest BCUT2D eigenvalue weighted by molar-refractivity contribution is 7.92. The molecule has 0 saturated carbocycles. The fourth-order valence-electron chi connectivity index (χ4n) is 2.08. The fourth-order valence-corrected chi connectivity index (χ4v) is 3.59. The quantitative estimate of drug-likeness (QED) is 0.944. The Hall–Kier alpha value is -1.72. The molecule has 5 heteroatoms. The molecule has 3 nitrogen and oxygen atoms in total. The SMILES string of the molecule is Cc1ccc(C(O)C(C)S(=O)(=O)c2ccccc2F)cc1. The molecule has 0 fully saturated rings. The third-order valence-corrected chi connectivity index (χ3v) is 5.68. The van der Waals surface area contributed by atoms with E-state index in [0.717, 1.165) is 11.6 Å². The molecular formula is C16H17FO3S. The summed E-state index contributed by atoms with van der Waals surface area (Å²) >= 11 is 0. The summed E-state index contributed by atoms with van der Waals surface area (Å²) in [5.41, 5.74) is 1.50. The molecule has 0 heterocycles. The van der Waals surface area contributed by atoms with Crippen molar-refractivity contribution in [2.24, 2.45) is 0 Å². The number of rotatable bonds is 4. The number of sulfone groups is 1. The van der Waals surface area contributed by atoms with Gasteiger partial charge in [0.2, 0.25) is 0 Å². The Morgan fingerprint density at radius 1 is 1.05 bits per heavy atom. The van der Waals surface area contributed by atoms with Crippen LogP contribution < -0.4 is 0 Å². The van der Waals surface area contributed by atoms with Crippen molar-refractivity contribution < 1.29 is 17.9 Å². The molecule has 2 aromatic rings. The van der Waals surface area contributed by atoms with Gasteiger partial charge in [0.1, 0.15) is 10.7 Å². The van der Waals surface area contributed by atoms with Crippen LogP contribution >= 0.6 is 0 Å². The average Bonchev–Trinajstić information content (AvgIpc) is 2.46. The van der Waals surface area contributed by atoms with Gasteiger partial charge in [0.05, 0.1) is 11.4 Å². The number of aryl methyl sites for hydroxylation is 1. The normalized spacial score (nSPS) is 14.7. The van der Waals surface area contributed by atoms with E-state index in [9.17, 15) is 17.9 Å². The lowest BCUT2D eigenvalue weighted by molar-refractivity contribution is 0.176. The van der Waals surface area contributed by atoms with Crippen LogP contribution in [-0.2, 0) is 9.84 Å².